The molecule has 1 aromatic carbocycles. The normalized spacial score (nSPS) is 18.3. The Labute approximate surface area is 130 Å². The predicted molar refractivity (Wildman–Crippen MR) is 83.4 cm³/mol. The standard InChI is InChI=1S/C16H21N3O3/c1-11-5-4-8-19(10-11)16-17-15(18-22-16)13-9-12(20-2)6-7-14(13)21-3/h6-7,9,11H,4-5,8,10H2,1-3H3. The molecule has 1 fully saturated rings. The minimum absolute atomic E-state index is 0.518. The fourth-order valence-corrected chi connectivity index (χ4v) is 2.81. The number of nitrogens with zero attached hydrogens (tertiary/aromatic N) is 3. The lowest BCUT2D eigenvalue weighted by molar-refractivity contribution is 0.376. The average molecular weight is 303 g/mol. The van der Waals surface area contributed by atoms with Crippen molar-refractivity contribution < 1.29 is 14.0 Å². The van der Waals surface area contributed by atoms with E-state index in [9.17, 15) is 0 Å². The number of hydrogen-bond donors (Lipinski definition) is 0. The van der Waals surface area contributed by atoms with Gasteiger partial charge in [0.2, 0.25) is 5.82 Å². The molecule has 1 unspecified atom stereocenters. The van der Waals surface area contributed by atoms with Crippen LogP contribution in [0.25, 0.3) is 11.4 Å². The predicted octanol–water partition coefficient (Wildman–Crippen LogP) is 2.99. The molecule has 6 nitrogen and oxygen atoms in total. The van der Waals surface area contributed by atoms with E-state index in [1.807, 2.05) is 18.2 Å². The summed E-state index contributed by atoms with van der Waals surface area (Å²) >= 11 is 0. The van der Waals surface area contributed by atoms with Gasteiger partial charge in [0.05, 0.1) is 19.8 Å². The Morgan fingerprint density at radius 1 is 1.27 bits per heavy atom. The van der Waals surface area contributed by atoms with Gasteiger partial charge < -0.3 is 18.9 Å². The lowest BCUT2D eigenvalue weighted by atomic mass is 10.0. The molecule has 0 radical (unpaired) electrons. The van der Waals surface area contributed by atoms with Crippen LogP contribution in [0, 0.1) is 5.92 Å². The zero-order chi connectivity index (χ0) is 15.5. The summed E-state index contributed by atoms with van der Waals surface area (Å²) in [5.41, 5.74) is 0.766. The van der Waals surface area contributed by atoms with E-state index in [4.69, 9.17) is 14.0 Å². The molecule has 0 spiro atoms. The first-order valence-electron chi connectivity index (χ1n) is 7.52. The second kappa shape index (κ2) is 6.25. The summed E-state index contributed by atoms with van der Waals surface area (Å²) in [4.78, 5) is 6.69. The van der Waals surface area contributed by atoms with Crippen molar-refractivity contribution in [1.82, 2.24) is 10.1 Å². The summed E-state index contributed by atoms with van der Waals surface area (Å²) < 4.78 is 16.1. The average Bonchev–Trinajstić information content (AvgIpc) is 3.04. The number of rotatable bonds is 4. The zero-order valence-electron chi connectivity index (χ0n) is 13.2. The number of aromatic nitrogens is 2. The molecular weight excluding hydrogens is 282 g/mol. The lowest BCUT2D eigenvalue weighted by Crippen LogP contribution is -2.34. The molecule has 0 aliphatic carbocycles. The van der Waals surface area contributed by atoms with Crippen molar-refractivity contribution in [3.8, 4) is 22.9 Å². The number of methoxy groups -OCH3 is 2. The highest BCUT2D eigenvalue weighted by molar-refractivity contribution is 5.66. The Morgan fingerprint density at radius 2 is 2.14 bits per heavy atom. The Bertz CT molecular complexity index is 641. The van der Waals surface area contributed by atoms with Crippen molar-refractivity contribution in [3.63, 3.8) is 0 Å². The third-order valence-electron chi connectivity index (χ3n) is 3.99. The molecule has 2 aromatic rings. The van der Waals surface area contributed by atoms with Gasteiger partial charge in [-0.2, -0.15) is 4.98 Å². The van der Waals surface area contributed by atoms with Gasteiger partial charge in [-0.05, 0) is 37.0 Å². The monoisotopic (exact) mass is 303 g/mol. The smallest absolute Gasteiger partial charge is 0.324 e. The molecule has 1 aliphatic rings. The summed E-state index contributed by atoms with van der Waals surface area (Å²) in [6.45, 7) is 4.16. The van der Waals surface area contributed by atoms with Gasteiger partial charge in [0.15, 0.2) is 0 Å². The van der Waals surface area contributed by atoms with Crippen molar-refractivity contribution in [3.05, 3.63) is 18.2 Å². The summed E-state index contributed by atoms with van der Waals surface area (Å²) in [7, 11) is 3.25. The van der Waals surface area contributed by atoms with E-state index >= 15 is 0 Å². The zero-order valence-corrected chi connectivity index (χ0v) is 13.2. The molecule has 22 heavy (non-hydrogen) atoms. The number of hydrogen-bond acceptors (Lipinski definition) is 6. The first-order valence-corrected chi connectivity index (χ1v) is 7.52. The van der Waals surface area contributed by atoms with Gasteiger partial charge in [0, 0.05) is 13.1 Å². The molecule has 118 valence electrons. The van der Waals surface area contributed by atoms with Crippen LogP contribution >= 0.6 is 0 Å². The number of anilines is 1. The summed E-state index contributed by atoms with van der Waals surface area (Å²) in [6, 6.07) is 6.11. The number of benzene rings is 1. The van der Waals surface area contributed by atoms with Crippen molar-refractivity contribution in [2.45, 2.75) is 19.8 Å². The van der Waals surface area contributed by atoms with E-state index in [0.717, 1.165) is 30.8 Å². The SMILES string of the molecule is COc1ccc(OC)c(-c2noc(N3CCCC(C)C3)n2)c1. The quantitative estimate of drug-likeness (QED) is 0.865. The van der Waals surface area contributed by atoms with Crippen LogP contribution in [0.4, 0.5) is 6.01 Å². The summed E-state index contributed by atoms with van der Waals surface area (Å²) in [5, 5.41) is 4.11. The second-order valence-electron chi connectivity index (χ2n) is 5.66. The van der Waals surface area contributed by atoms with Gasteiger partial charge >= 0.3 is 6.01 Å². The summed E-state index contributed by atoms with van der Waals surface area (Å²) in [5.74, 6) is 2.59. The molecule has 6 heteroatoms. The maximum absolute atomic E-state index is 5.45. The number of ether oxygens (including phenoxy) is 2. The molecule has 0 amide bonds. The maximum Gasteiger partial charge on any atom is 0.324 e. The van der Waals surface area contributed by atoms with Crippen molar-refractivity contribution in [1.29, 1.82) is 0 Å². The Morgan fingerprint density at radius 3 is 2.86 bits per heavy atom. The fraction of sp³-hybridized carbons (Fsp3) is 0.500. The van der Waals surface area contributed by atoms with Gasteiger partial charge in [-0.25, -0.2) is 0 Å². The molecule has 2 heterocycles. The highest BCUT2D eigenvalue weighted by Crippen LogP contribution is 2.33. The second-order valence-corrected chi connectivity index (χ2v) is 5.66. The third kappa shape index (κ3) is 2.86. The van der Waals surface area contributed by atoms with Crippen molar-refractivity contribution in [2.75, 3.05) is 32.2 Å². The van der Waals surface area contributed by atoms with E-state index in [1.165, 1.54) is 6.42 Å². The van der Waals surface area contributed by atoms with E-state index in [2.05, 4.69) is 22.0 Å². The van der Waals surface area contributed by atoms with Crippen molar-refractivity contribution in [2.24, 2.45) is 5.92 Å². The molecule has 3 rings (SSSR count). The largest absolute Gasteiger partial charge is 0.497 e. The minimum Gasteiger partial charge on any atom is -0.497 e. The van der Waals surface area contributed by atoms with Crippen LogP contribution in [0.5, 0.6) is 11.5 Å². The van der Waals surface area contributed by atoms with E-state index in [0.29, 0.717) is 23.5 Å². The molecule has 0 N–H and O–H groups in total. The Kier molecular flexibility index (Phi) is 4.18. The highest BCUT2D eigenvalue weighted by atomic mass is 16.5. The van der Waals surface area contributed by atoms with Crippen LogP contribution in [-0.4, -0.2) is 37.4 Å². The first-order chi connectivity index (χ1) is 10.7. The third-order valence-corrected chi connectivity index (χ3v) is 3.99. The minimum atomic E-state index is 0.518. The van der Waals surface area contributed by atoms with Crippen LogP contribution in [0.15, 0.2) is 22.7 Å². The van der Waals surface area contributed by atoms with Gasteiger partial charge in [-0.3, -0.25) is 0 Å². The maximum atomic E-state index is 5.45. The molecular formula is C16H21N3O3. The number of piperidine rings is 1. The highest BCUT2D eigenvalue weighted by Gasteiger charge is 2.22. The Balaban J connectivity index is 1.90. The lowest BCUT2D eigenvalue weighted by Gasteiger charge is -2.28. The summed E-state index contributed by atoms with van der Waals surface area (Å²) in [6.07, 6.45) is 2.41. The molecule has 1 saturated heterocycles. The molecule has 0 saturated carbocycles. The Hall–Kier alpha value is -2.24. The van der Waals surface area contributed by atoms with E-state index in [1.54, 1.807) is 14.2 Å². The van der Waals surface area contributed by atoms with E-state index in [-0.39, 0.29) is 0 Å². The van der Waals surface area contributed by atoms with Crippen LogP contribution in [0.1, 0.15) is 19.8 Å². The van der Waals surface area contributed by atoms with Gasteiger partial charge in [-0.15, -0.1) is 0 Å². The molecule has 1 aliphatic heterocycles. The fourth-order valence-electron chi connectivity index (χ4n) is 2.81. The van der Waals surface area contributed by atoms with E-state index < -0.39 is 0 Å². The topological polar surface area (TPSA) is 60.6 Å². The molecule has 1 aromatic heterocycles. The van der Waals surface area contributed by atoms with Gasteiger partial charge in [0.1, 0.15) is 11.5 Å². The van der Waals surface area contributed by atoms with Crippen molar-refractivity contribution >= 4 is 6.01 Å². The van der Waals surface area contributed by atoms with Gasteiger partial charge in [-0.1, -0.05) is 12.1 Å². The van der Waals surface area contributed by atoms with Gasteiger partial charge in [0.25, 0.3) is 0 Å². The molecule has 1 atom stereocenters. The molecule has 0 bridgehead atoms. The first kappa shape index (κ1) is 14.7. The van der Waals surface area contributed by atoms with Crippen LogP contribution in [0.2, 0.25) is 0 Å². The van der Waals surface area contributed by atoms with Crippen LogP contribution < -0.4 is 14.4 Å². The van der Waals surface area contributed by atoms with Crippen LogP contribution in [0.3, 0.4) is 0 Å². The van der Waals surface area contributed by atoms with Crippen LogP contribution in [-0.2, 0) is 0 Å².